The number of quaternary nitrogens is 1. The fraction of sp³-hybridized carbons (Fsp3) is 0.0625. The first kappa shape index (κ1) is 15.2. The summed E-state index contributed by atoms with van der Waals surface area (Å²) in [6, 6.07) is 10.4. The molecule has 1 heterocycles. The molecular formula is C16H12ClN2O4+. The van der Waals surface area contributed by atoms with Gasteiger partial charge < -0.3 is 4.74 Å². The second-order valence-electron chi connectivity index (χ2n) is 4.89. The van der Waals surface area contributed by atoms with E-state index in [1.807, 2.05) is 0 Å². The topological polar surface area (TPSA) is 80.3 Å². The van der Waals surface area contributed by atoms with Crippen molar-refractivity contribution in [1.29, 1.82) is 0 Å². The lowest BCUT2D eigenvalue weighted by atomic mass is 10.1. The summed E-state index contributed by atoms with van der Waals surface area (Å²) < 4.78 is 4.64. The van der Waals surface area contributed by atoms with Crippen LogP contribution >= 0.6 is 11.6 Å². The zero-order chi connectivity index (χ0) is 16.6. The number of esters is 1. The number of nitrogens with two attached hydrogens (primary N) is 1. The SMILES string of the molecule is COC(=O)c1ccc2c(c1)[NH2+]C(=O)N(c1ccc(Cl)cc1)C2=O. The van der Waals surface area contributed by atoms with Gasteiger partial charge in [0.1, 0.15) is 5.56 Å². The largest absolute Gasteiger partial charge is 0.465 e. The molecule has 2 aromatic carbocycles. The standard InChI is InChI=1S/C16H11ClN2O4/c1-23-15(21)9-2-7-12-13(8-9)18-16(22)19(14(12)20)11-5-3-10(17)4-6-11/h2-8H,1H3,(H,18,22)/p+1. The molecule has 3 rings (SSSR count). The molecule has 1 aliphatic heterocycles. The van der Waals surface area contributed by atoms with Gasteiger partial charge in [0.05, 0.1) is 18.4 Å². The number of hydrogen-bond acceptors (Lipinski definition) is 4. The Bertz CT molecular complexity index is 817. The highest BCUT2D eigenvalue weighted by Gasteiger charge is 2.36. The van der Waals surface area contributed by atoms with Gasteiger partial charge in [0.2, 0.25) is 0 Å². The third-order valence-electron chi connectivity index (χ3n) is 3.49. The van der Waals surface area contributed by atoms with Crippen molar-refractivity contribution in [2.45, 2.75) is 0 Å². The molecule has 116 valence electrons. The number of fused-ring (bicyclic) bond motifs is 1. The minimum Gasteiger partial charge on any atom is -0.465 e. The van der Waals surface area contributed by atoms with Crippen LogP contribution in [0.1, 0.15) is 20.7 Å². The Morgan fingerprint density at radius 3 is 2.48 bits per heavy atom. The Balaban J connectivity index is 2.01. The monoisotopic (exact) mass is 331 g/mol. The molecule has 0 atom stereocenters. The van der Waals surface area contributed by atoms with E-state index in [0.29, 0.717) is 22.0 Å². The number of carbonyl (C=O) groups is 3. The maximum Gasteiger partial charge on any atom is 0.432 e. The van der Waals surface area contributed by atoms with Gasteiger partial charge in [-0.05, 0) is 36.4 Å². The van der Waals surface area contributed by atoms with Crippen molar-refractivity contribution in [2.24, 2.45) is 0 Å². The van der Waals surface area contributed by atoms with Crippen LogP contribution in [0.25, 0.3) is 0 Å². The molecule has 3 amide bonds. The number of carbonyl (C=O) groups excluding carboxylic acids is 3. The van der Waals surface area contributed by atoms with Crippen molar-refractivity contribution in [3.63, 3.8) is 0 Å². The van der Waals surface area contributed by atoms with Gasteiger partial charge in [-0.1, -0.05) is 11.6 Å². The maximum absolute atomic E-state index is 12.6. The summed E-state index contributed by atoms with van der Waals surface area (Å²) >= 11 is 5.83. The Kier molecular flexibility index (Phi) is 3.85. The van der Waals surface area contributed by atoms with E-state index < -0.39 is 17.9 Å². The summed E-state index contributed by atoms with van der Waals surface area (Å²) in [4.78, 5) is 37.5. The van der Waals surface area contributed by atoms with Gasteiger partial charge in [0, 0.05) is 11.1 Å². The van der Waals surface area contributed by atoms with Crippen molar-refractivity contribution >= 4 is 40.9 Å². The predicted octanol–water partition coefficient (Wildman–Crippen LogP) is 2.10. The highest BCUT2D eigenvalue weighted by atomic mass is 35.5. The summed E-state index contributed by atoms with van der Waals surface area (Å²) in [5, 5.41) is 1.83. The summed E-state index contributed by atoms with van der Waals surface area (Å²) in [5.74, 6) is -0.979. The van der Waals surface area contributed by atoms with Crippen LogP contribution in [-0.4, -0.2) is 25.0 Å². The van der Waals surface area contributed by atoms with E-state index in [2.05, 4.69) is 4.74 Å². The number of imide groups is 1. The summed E-state index contributed by atoms with van der Waals surface area (Å²) in [7, 11) is 1.27. The lowest BCUT2D eigenvalue weighted by Gasteiger charge is -2.23. The lowest BCUT2D eigenvalue weighted by molar-refractivity contribution is -0.463. The number of urea groups is 1. The number of halogens is 1. The second-order valence-corrected chi connectivity index (χ2v) is 5.33. The highest BCUT2D eigenvalue weighted by Crippen LogP contribution is 2.25. The number of rotatable bonds is 2. The Labute approximate surface area is 136 Å². The van der Waals surface area contributed by atoms with E-state index >= 15 is 0 Å². The number of anilines is 1. The molecule has 0 saturated carbocycles. The average Bonchev–Trinajstić information content (AvgIpc) is 2.55. The van der Waals surface area contributed by atoms with E-state index in [-0.39, 0.29) is 5.56 Å². The number of benzene rings is 2. The molecular weight excluding hydrogens is 320 g/mol. The molecule has 0 radical (unpaired) electrons. The highest BCUT2D eigenvalue weighted by molar-refractivity contribution is 6.30. The third kappa shape index (κ3) is 2.69. The Morgan fingerprint density at radius 1 is 1.13 bits per heavy atom. The lowest BCUT2D eigenvalue weighted by Crippen LogP contribution is -2.88. The first-order valence-corrected chi connectivity index (χ1v) is 7.10. The van der Waals surface area contributed by atoms with Crippen LogP contribution < -0.4 is 10.2 Å². The van der Waals surface area contributed by atoms with Crippen molar-refractivity contribution in [3.05, 3.63) is 58.6 Å². The van der Waals surface area contributed by atoms with Crippen LogP contribution in [0.4, 0.5) is 16.2 Å². The molecule has 0 spiro atoms. The van der Waals surface area contributed by atoms with Crippen molar-refractivity contribution in [1.82, 2.24) is 0 Å². The average molecular weight is 332 g/mol. The van der Waals surface area contributed by atoms with Crippen LogP contribution in [0.3, 0.4) is 0 Å². The predicted molar refractivity (Wildman–Crippen MR) is 83.0 cm³/mol. The Hall–Kier alpha value is -2.70. The van der Waals surface area contributed by atoms with E-state index in [4.69, 9.17) is 11.6 Å². The molecule has 0 saturated heterocycles. The Morgan fingerprint density at radius 2 is 1.83 bits per heavy atom. The number of ether oxygens (including phenoxy) is 1. The molecule has 7 heteroatoms. The van der Waals surface area contributed by atoms with Crippen molar-refractivity contribution < 1.29 is 24.4 Å². The quantitative estimate of drug-likeness (QED) is 0.675. The number of hydrogen-bond donors (Lipinski definition) is 1. The van der Waals surface area contributed by atoms with Crippen LogP contribution in [0.15, 0.2) is 42.5 Å². The normalized spacial score (nSPS) is 13.7. The zero-order valence-corrected chi connectivity index (χ0v) is 12.8. The summed E-state index contributed by atoms with van der Waals surface area (Å²) in [5.41, 5.74) is 1.45. The van der Waals surface area contributed by atoms with Crippen LogP contribution in [-0.2, 0) is 4.74 Å². The van der Waals surface area contributed by atoms with E-state index in [9.17, 15) is 14.4 Å². The number of amides is 3. The molecule has 1 aliphatic rings. The fourth-order valence-electron chi connectivity index (χ4n) is 2.37. The second kappa shape index (κ2) is 5.83. The molecule has 23 heavy (non-hydrogen) atoms. The molecule has 2 aromatic rings. The van der Waals surface area contributed by atoms with Gasteiger partial charge in [0.15, 0.2) is 5.69 Å². The third-order valence-corrected chi connectivity index (χ3v) is 3.74. The first-order valence-electron chi connectivity index (χ1n) is 6.72. The molecule has 0 unspecified atom stereocenters. The molecule has 0 aliphatic carbocycles. The minimum atomic E-state index is -0.527. The van der Waals surface area contributed by atoms with Gasteiger partial charge >= 0.3 is 12.0 Å². The first-order chi connectivity index (χ1) is 11.0. The van der Waals surface area contributed by atoms with Crippen molar-refractivity contribution in [2.75, 3.05) is 12.0 Å². The molecule has 2 N–H and O–H groups in total. The zero-order valence-electron chi connectivity index (χ0n) is 12.1. The molecule has 0 fully saturated rings. The van der Waals surface area contributed by atoms with Crippen LogP contribution in [0, 0.1) is 0 Å². The number of nitrogens with zero attached hydrogens (tertiary/aromatic N) is 1. The van der Waals surface area contributed by atoms with Gasteiger partial charge in [0.25, 0.3) is 5.91 Å². The van der Waals surface area contributed by atoms with Gasteiger partial charge in [-0.15, -0.1) is 0 Å². The molecule has 0 aromatic heterocycles. The van der Waals surface area contributed by atoms with E-state index in [1.165, 1.54) is 30.6 Å². The van der Waals surface area contributed by atoms with Gasteiger partial charge in [-0.3, -0.25) is 4.79 Å². The van der Waals surface area contributed by atoms with Gasteiger partial charge in [-0.25, -0.2) is 14.9 Å². The van der Waals surface area contributed by atoms with Gasteiger partial charge in [-0.2, -0.15) is 4.90 Å². The number of methoxy groups -OCH3 is 1. The van der Waals surface area contributed by atoms with Crippen molar-refractivity contribution in [3.8, 4) is 0 Å². The summed E-state index contributed by atoms with van der Waals surface area (Å²) in [6.07, 6.45) is 0. The van der Waals surface area contributed by atoms with E-state index in [0.717, 1.165) is 4.90 Å². The molecule has 6 nitrogen and oxygen atoms in total. The van der Waals surface area contributed by atoms with Crippen LogP contribution in [0.2, 0.25) is 5.02 Å². The molecule has 0 bridgehead atoms. The summed E-state index contributed by atoms with van der Waals surface area (Å²) in [6.45, 7) is 0. The number of primary amides is 1. The smallest absolute Gasteiger partial charge is 0.432 e. The van der Waals surface area contributed by atoms with E-state index in [1.54, 1.807) is 24.3 Å². The minimum absolute atomic E-state index is 0.281. The maximum atomic E-state index is 12.6. The van der Waals surface area contributed by atoms with Crippen LogP contribution in [0.5, 0.6) is 0 Å². The fourth-order valence-corrected chi connectivity index (χ4v) is 2.50.